The summed E-state index contributed by atoms with van der Waals surface area (Å²) in [5.74, 6) is -2.17. The summed E-state index contributed by atoms with van der Waals surface area (Å²) in [5.41, 5.74) is 1.63. The first-order valence-corrected chi connectivity index (χ1v) is 17.4. The predicted octanol–water partition coefficient (Wildman–Crippen LogP) is 2.24. The number of aliphatic carboxylic acids is 1. The number of nitrogens with zero attached hydrogens (tertiary/aromatic N) is 1. The van der Waals surface area contributed by atoms with Crippen LogP contribution in [0.5, 0.6) is 0 Å². The number of carboxylic acids is 1. The molecule has 1 heterocycles. The molecule has 0 spiro atoms. The molecule has 13 nitrogen and oxygen atoms in total. The topological polar surface area (TPSA) is 183 Å². The fraction of sp³-hybridized carbons (Fsp3) is 0.471. The first-order valence-electron chi connectivity index (χ1n) is 16.0. The van der Waals surface area contributed by atoms with Crippen LogP contribution in [0, 0.1) is 0 Å². The first kappa shape index (κ1) is 37.9. The predicted molar refractivity (Wildman–Crippen MR) is 181 cm³/mol. The second-order valence-electron chi connectivity index (χ2n) is 11.6. The standard InChI is InChI=1S/C34H45N5O8S/c1-23-19-28(38-30(41)26(36-22-40)16-18-48-2)32(43)39(23)29(20-24-11-5-3-6-12-24)31(42)37-27(33(44)45)15-9-10-17-35-34(46)47-21-25-13-7-4-8-14-25/h3-8,11-14,22-23,26-29H,9-10,15-21H2,1-2H3,(H,35,46)(H,36,40)(H,37,42)(H,38,41)(H,44,45)/t23?,26-,27-,28-,29-/m0/s1. The average Bonchev–Trinajstić information content (AvgIpc) is 3.35. The van der Waals surface area contributed by atoms with Crippen molar-refractivity contribution in [2.75, 3.05) is 18.6 Å². The third-order valence-electron chi connectivity index (χ3n) is 8.04. The number of nitrogens with one attached hydrogen (secondary N) is 4. The SMILES string of the molecule is CSCC[C@H](NC=O)C(=O)N[C@H]1CC(C)N([C@@H](Cc2ccccc2)C(=O)N[C@@H](CCCCNC(=O)OCc2ccccc2)C(=O)O)C1=O. The van der Waals surface area contributed by atoms with Crippen molar-refractivity contribution in [1.29, 1.82) is 0 Å². The van der Waals surface area contributed by atoms with Gasteiger partial charge in [0, 0.05) is 19.0 Å². The van der Waals surface area contributed by atoms with Gasteiger partial charge in [0.05, 0.1) is 0 Å². The summed E-state index contributed by atoms with van der Waals surface area (Å²) in [6, 6.07) is 13.9. The van der Waals surface area contributed by atoms with Crippen molar-refractivity contribution in [3.63, 3.8) is 0 Å². The van der Waals surface area contributed by atoms with Crippen molar-refractivity contribution in [3.8, 4) is 0 Å². The maximum atomic E-state index is 13.8. The first-order chi connectivity index (χ1) is 23.1. The zero-order valence-electron chi connectivity index (χ0n) is 27.3. The summed E-state index contributed by atoms with van der Waals surface area (Å²) >= 11 is 1.52. The van der Waals surface area contributed by atoms with Crippen LogP contribution in [-0.4, -0.2) is 95.0 Å². The Balaban J connectivity index is 1.61. The molecule has 5 amide bonds. The molecule has 1 aliphatic heterocycles. The number of thioether (sulfide) groups is 1. The van der Waals surface area contributed by atoms with E-state index in [0.717, 1.165) is 11.1 Å². The second-order valence-corrected chi connectivity index (χ2v) is 12.6. The van der Waals surface area contributed by atoms with Crippen LogP contribution >= 0.6 is 11.8 Å². The Morgan fingerprint density at radius 1 is 0.979 bits per heavy atom. The minimum absolute atomic E-state index is 0.100. The van der Waals surface area contributed by atoms with Crippen LogP contribution in [0.1, 0.15) is 50.2 Å². The third kappa shape index (κ3) is 11.9. The smallest absolute Gasteiger partial charge is 0.407 e. The number of benzene rings is 2. The molecule has 0 saturated carbocycles. The van der Waals surface area contributed by atoms with Gasteiger partial charge in [0.15, 0.2) is 0 Å². The number of ether oxygens (including phenoxy) is 1. The average molecular weight is 684 g/mol. The van der Waals surface area contributed by atoms with Gasteiger partial charge in [0.25, 0.3) is 0 Å². The van der Waals surface area contributed by atoms with Crippen LogP contribution in [0.15, 0.2) is 60.7 Å². The Kier molecular flexibility index (Phi) is 15.7. The van der Waals surface area contributed by atoms with E-state index >= 15 is 0 Å². The molecule has 0 bridgehead atoms. The lowest BCUT2D eigenvalue weighted by Crippen LogP contribution is -2.56. The zero-order chi connectivity index (χ0) is 34.9. The summed E-state index contributed by atoms with van der Waals surface area (Å²) in [4.78, 5) is 77.1. The number of hydrogen-bond donors (Lipinski definition) is 5. The fourth-order valence-electron chi connectivity index (χ4n) is 5.53. The van der Waals surface area contributed by atoms with E-state index in [2.05, 4.69) is 21.3 Å². The van der Waals surface area contributed by atoms with Gasteiger partial charge in [0.1, 0.15) is 30.8 Å². The third-order valence-corrected chi connectivity index (χ3v) is 8.69. The molecule has 0 radical (unpaired) electrons. The minimum Gasteiger partial charge on any atom is -0.480 e. The van der Waals surface area contributed by atoms with E-state index in [1.54, 1.807) is 6.92 Å². The molecule has 2 aromatic carbocycles. The van der Waals surface area contributed by atoms with Crippen molar-refractivity contribution in [2.45, 2.75) is 82.3 Å². The molecule has 260 valence electrons. The van der Waals surface area contributed by atoms with Crippen molar-refractivity contribution in [3.05, 3.63) is 71.8 Å². The molecule has 48 heavy (non-hydrogen) atoms. The van der Waals surface area contributed by atoms with Crippen LogP contribution in [0.2, 0.25) is 0 Å². The van der Waals surface area contributed by atoms with Gasteiger partial charge in [-0.1, -0.05) is 60.7 Å². The Bertz CT molecular complexity index is 1370. The number of carbonyl (C=O) groups excluding carboxylic acids is 5. The van der Waals surface area contributed by atoms with E-state index in [4.69, 9.17) is 4.74 Å². The number of likely N-dealkylation sites (tertiary alicyclic amines) is 1. The van der Waals surface area contributed by atoms with Crippen LogP contribution in [0.25, 0.3) is 0 Å². The van der Waals surface area contributed by atoms with Crippen molar-refractivity contribution >= 4 is 48.0 Å². The van der Waals surface area contributed by atoms with E-state index in [-0.39, 0.29) is 32.4 Å². The van der Waals surface area contributed by atoms with Crippen molar-refractivity contribution in [1.82, 2.24) is 26.2 Å². The molecule has 1 aliphatic rings. The minimum atomic E-state index is -1.23. The Morgan fingerprint density at radius 2 is 1.65 bits per heavy atom. The largest absolute Gasteiger partial charge is 0.480 e. The van der Waals surface area contributed by atoms with Crippen LogP contribution in [-0.2, 0) is 41.7 Å². The lowest BCUT2D eigenvalue weighted by molar-refractivity contribution is -0.145. The van der Waals surface area contributed by atoms with Gasteiger partial charge in [-0.3, -0.25) is 19.2 Å². The van der Waals surface area contributed by atoms with Gasteiger partial charge in [-0.05, 0) is 62.2 Å². The molecular weight excluding hydrogens is 638 g/mol. The molecule has 5 N–H and O–H groups in total. The molecule has 2 aromatic rings. The highest BCUT2D eigenvalue weighted by Crippen LogP contribution is 2.25. The summed E-state index contributed by atoms with van der Waals surface area (Å²) < 4.78 is 5.18. The molecule has 1 unspecified atom stereocenters. The number of hydrogen-bond acceptors (Lipinski definition) is 8. The monoisotopic (exact) mass is 683 g/mol. The highest BCUT2D eigenvalue weighted by Gasteiger charge is 2.45. The molecule has 1 fully saturated rings. The van der Waals surface area contributed by atoms with Crippen molar-refractivity contribution < 1.29 is 38.6 Å². The molecular formula is C34H45N5O8S. The van der Waals surface area contributed by atoms with Gasteiger partial charge >= 0.3 is 12.1 Å². The number of alkyl carbamates (subject to hydrolysis) is 1. The summed E-state index contributed by atoms with van der Waals surface area (Å²) in [6.45, 7) is 2.17. The van der Waals surface area contributed by atoms with E-state index < -0.39 is 60.0 Å². The fourth-order valence-corrected chi connectivity index (χ4v) is 6.00. The molecule has 14 heteroatoms. The van der Waals surface area contributed by atoms with E-state index in [9.17, 15) is 33.9 Å². The lowest BCUT2D eigenvalue weighted by atomic mass is 10.0. The van der Waals surface area contributed by atoms with Crippen LogP contribution in [0.3, 0.4) is 0 Å². The maximum absolute atomic E-state index is 13.8. The molecule has 3 rings (SSSR count). The normalized spacial score (nSPS) is 17.5. The van der Waals surface area contributed by atoms with Crippen molar-refractivity contribution in [2.24, 2.45) is 0 Å². The lowest BCUT2D eigenvalue weighted by Gasteiger charge is -2.32. The van der Waals surface area contributed by atoms with E-state index in [1.807, 2.05) is 66.9 Å². The van der Waals surface area contributed by atoms with Crippen LogP contribution < -0.4 is 21.3 Å². The van der Waals surface area contributed by atoms with E-state index in [1.165, 1.54) is 16.7 Å². The summed E-state index contributed by atoms with van der Waals surface area (Å²) in [7, 11) is 0. The van der Waals surface area contributed by atoms with Gasteiger partial charge < -0.3 is 36.0 Å². The number of amides is 5. The summed E-state index contributed by atoms with van der Waals surface area (Å²) in [6.07, 6.45) is 3.45. The Labute approximate surface area is 284 Å². The second kappa shape index (κ2) is 19.9. The van der Waals surface area contributed by atoms with E-state index in [0.29, 0.717) is 31.4 Å². The zero-order valence-corrected chi connectivity index (χ0v) is 28.1. The quantitative estimate of drug-likeness (QED) is 0.103. The highest BCUT2D eigenvalue weighted by molar-refractivity contribution is 7.98. The van der Waals surface area contributed by atoms with Gasteiger partial charge in [-0.15, -0.1) is 0 Å². The van der Waals surface area contributed by atoms with Gasteiger partial charge in [-0.25, -0.2) is 9.59 Å². The number of carbonyl (C=O) groups is 6. The molecule has 1 saturated heterocycles. The van der Waals surface area contributed by atoms with Gasteiger partial charge in [0.2, 0.25) is 24.1 Å². The highest BCUT2D eigenvalue weighted by atomic mass is 32.2. The summed E-state index contributed by atoms with van der Waals surface area (Å²) in [5, 5.41) is 20.4. The number of unbranched alkanes of at least 4 members (excludes halogenated alkanes) is 1. The molecule has 0 aromatic heterocycles. The Morgan fingerprint density at radius 3 is 2.27 bits per heavy atom. The Hall–Kier alpha value is -4.59. The number of rotatable bonds is 20. The van der Waals surface area contributed by atoms with Gasteiger partial charge in [-0.2, -0.15) is 11.8 Å². The molecule has 5 atom stereocenters. The maximum Gasteiger partial charge on any atom is 0.407 e. The number of carboxylic acid groups (broad SMARTS) is 1. The molecule has 0 aliphatic carbocycles. The van der Waals surface area contributed by atoms with Crippen LogP contribution in [0.4, 0.5) is 4.79 Å².